The third-order valence-electron chi connectivity index (χ3n) is 3.65. The lowest BCUT2D eigenvalue weighted by atomic mass is 9.93. The van der Waals surface area contributed by atoms with E-state index in [1.807, 2.05) is 36.4 Å². The van der Waals surface area contributed by atoms with Crippen molar-refractivity contribution in [2.75, 3.05) is 0 Å². The molecule has 1 rings (SSSR count). The second-order valence-corrected chi connectivity index (χ2v) is 5.43. The highest BCUT2D eigenvalue weighted by atomic mass is 16.1. The number of carbonyl (C=O) groups is 2. The molecular formula is C19H26O2. The molecule has 21 heavy (non-hydrogen) atoms. The molecule has 0 fully saturated rings. The van der Waals surface area contributed by atoms with Crippen molar-refractivity contribution in [3.05, 3.63) is 48.0 Å². The highest BCUT2D eigenvalue weighted by molar-refractivity contribution is 5.89. The van der Waals surface area contributed by atoms with E-state index in [1.165, 1.54) is 12.8 Å². The van der Waals surface area contributed by atoms with Crippen molar-refractivity contribution >= 4 is 12.1 Å². The number of aldehydes is 1. The Morgan fingerprint density at radius 2 is 1.86 bits per heavy atom. The molecule has 0 unspecified atom stereocenters. The second-order valence-electron chi connectivity index (χ2n) is 5.43. The molecule has 0 aliphatic rings. The second kappa shape index (κ2) is 11.0. The number of ketones is 1. The van der Waals surface area contributed by atoms with Crippen LogP contribution in [0.1, 0.15) is 63.4 Å². The fourth-order valence-electron chi connectivity index (χ4n) is 2.38. The first-order valence-corrected chi connectivity index (χ1v) is 7.95. The van der Waals surface area contributed by atoms with Gasteiger partial charge < -0.3 is 4.79 Å². The first-order chi connectivity index (χ1) is 10.3. The van der Waals surface area contributed by atoms with Gasteiger partial charge in [0.25, 0.3) is 0 Å². The fourth-order valence-corrected chi connectivity index (χ4v) is 2.38. The smallest absolute Gasteiger partial charge is 0.155 e. The van der Waals surface area contributed by atoms with E-state index in [2.05, 4.69) is 6.92 Å². The van der Waals surface area contributed by atoms with E-state index < -0.39 is 0 Å². The summed E-state index contributed by atoms with van der Waals surface area (Å²) in [6.45, 7) is 2.17. The van der Waals surface area contributed by atoms with Crippen LogP contribution in [0.3, 0.4) is 0 Å². The maximum Gasteiger partial charge on any atom is 0.155 e. The molecule has 0 aliphatic carbocycles. The van der Waals surface area contributed by atoms with Gasteiger partial charge in [-0.25, -0.2) is 0 Å². The molecule has 2 heteroatoms. The van der Waals surface area contributed by atoms with Gasteiger partial charge >= 0.3 is 0 Å². The summed E-state index contributed by atoms with van der Waals surface area (Å²) >= 11 is 0. The lowest BCUT2D eigenvalue weighted by Gasteiger charge is -2.11. The number of rotatable bonds is 11. The Labute approximate surface area is 128 Å². The van der Waals surface area contributed by atoms with Crippen LogP contribution in [0.15, 0.2) is 42.5 Å². The number of hydrogen-bond acceptors (Lipinski definition) is 2. The Hall–Kier alpha value is -1.70. The van der Waals surface area contributed by atoms with Crippen molar-refractivity contribution in [3.8, 4) is 0 Å². The summed E-state index contributed by atoms with van der Waals surface area (Å²) in [5.74, 6) is 0.372. The van der Waals surface area contributed by atoms with Crippen LogP contribution in [0.5, 0.6) is 0 Å². The third kappa shape index (κ3) is 7.60. The summed E-state index contributed by atoms with van der Waals surface area (Å²) in [6.07, 6.45) is 10.9. The molecule has 0 spiro atoms. The average Bonchev–Trinajstić information content (AvgIpc) is 2.51. The van der Waals surface area contributed by atoms with Crippen LogP contribution in [0.2, 0.25) is 0 Å². The molecule has 0 saturated heterocycles. The molecule has 0 saturated carbocycles. The van der Waals surface area contributed by atoms with Gasteiger partial charge in [-0.1, -0.05) is 62.6 Å². The van der Waals surface area contributed by atoms with Gasteiger partial charge in [0.05, 0.1) is 0 Å². The molecule has 2 nitrogen and oxygen atoms in total. The van der Waals surface area contributed by atoms with Crippen molar-refractivity contribution in [3.63, 3.8) is 0 Å². The summed E-state index contributed by atoms with van der Waals surface area (Å²) < 4.78 is 0. The minimum absolute atomic E-state index is 0.174. The molecule has 0 aromatic heterocycles. The number of benzene rings is 1. The predicted octanol–water partition coefficient (Wildman–Crippen LogP) is 4.85. The first-order valence-electron chi connectivity index (χ1n) is 7.95. The lowest BCUT2D eigenvalue weighted by molar-refractivity contribution is -0.114. The van der Waals surface area contributed by atoms with Crippen molar-refractivity contribution < 1.29 is 9.59 Å². The number of hydrogen-bond donors (Lipinski definition) is 0. The summed E-state index contributed by atoms with van der Waals surface area (Å²) in [5.41, 5.74) is 1.16. The lowest BCUT2D eigenvalue weighted by Crippen LogP contribution is -1.99. The van der Waals surface area contributed by atoms with E-state index in [9.17, 15) is 9.59 Å². The van der Waals surface area contributed by atoms with Crippen LogP contribution in [-0.4, -0.2) is 12.1 Å². The topological polar surface area (TPSA) is 34.1 Å². The van der Waals surface area contributed by atoms with Crippen molar-refractivity contribution in [2.24, 2.45) is 0 Å². The van der Waals surface area contributed by atoms with Crippen LogP contribution in [0, 0.1) is 0 Å². The zero-order valence-corrected chi connectivity index (χ0v) is 13.0. The molecule has 0 heterocycles. The molecule has 0 aliphatic heterocycles. The van der Waals surface area contributed by atoms with E-state index >= 15 is 0 Å². The van der Waals surface area contributed by atoms with Gasteiger partial charge in [0, 0.05) is 12.8 Å². The van der Waals surface area contributed by atoms with Gasteiger partial charge in [0.1, 0.15) is 6.29 Å². The van der Waals surface area contributed by atoms with Crippen LogP contribution in [0.25, 0.3) is 0 Å². The minimum atomic E-state index is 0.174. The highest BCUT2D eigenvalue weighted by Gasteiger charge is 2.08. The number of unbranched alkanes of at least 4 members (excludes halogenated alkanes) is 3. The maximum absolute atomic E-state index is 11.7. The molecule has 0 bridgehead atoms. The van der Waals surface area contributed by atoms with Gasteiger partial charge in [-0.3, -0.25) is 4.79 Å². The van der Waals surface area contributed by atoms with Crippen molar-refractivity contribution in [1.82, 2.24) is 0 Å². The molecule has 0 N–H and O–H groups in total. The van der Waals surface area contributed by atoms with E-state index in [0.29, 0.717) is 12.8 Å². The molecule has 0 amide bonds. The van der Waals surface area contributed by atoms with Crippen LogP contribution >= 0.6 is 0 Å². The first kappa shape index (κ1) is 17.4. The average molecular weight is 286 g/mol. The van der Waals surface area contributed by atoms with Crippen LogP contribution < -0.4 is 0 Å². The normalized spacial score (nSPS) is 12.4. The molecule has 0 radical (unpaired) electrons. The standard InChI is InChI=1S/C19H26O2/c1-2-3-4-8-13-19(21)14-9-12-18(15-16-20)17-10-6-5-7-11-17/h5-7,9-11,14,16,18H,2-4,8,12-13,15H2,1H3/b14-9+/t18-/m1/s1. The fraction of sp³-hybridized carbons (Fsp3) is 0.474. The molecule has 1 aromatic carbocycles. The molecule has 1 atom stereocenters. The van der Waals surface area contributed by atoms with Gasteiger partial charge in [0.15, 0.2) is 5.78 Å². The van der Waals surface area contributed by atoms with Gasteiger partial charge in [-0.05, 0) is 30.4 Å². The van der Waals surface area contributed by atoms with Crippen molar-refractivity contribution in [2.45, 2.75) is 57.8 Å². The van der Waals surface area contributed by atoms with E-state index in [1.54, 1.807) is 6.08 Å². The zero-order valence-electron chi connectivity index (χ0n) is 13.0. The maximum atomic E-state index is 11.7. The largest absolute Gasteiger partial charge is 0.303 e. The Balaban J connectivity index is 2.40. The monoisotopic (exact) mass is 286 g/mol. The van der Waals surface area contributed by atoms with Crippen molar-refractivity contribution in [1.29, 1.82) is 0 Å². The Morgan fingerprint density at radius 3 is 2.52 bits per heavy atom. The SMILES string of the molecule is CCCCCCC(=O)/C=C/C[C@H](CC=O)c1ccccc1. The Kier molecular flexibility index (Phi) is 9.10. The number of carbonyl (C=O) groups excluding carboxylic acids is 2. The quantitative estimate of drug-likeness (QED) is 0.331. The molecule has 1 aromatic rings. The van der Waals surface area contributed by atoms with Crippen LogP contribution in [0.4, 0.5) is 0 Å². The summed E-state index contributed by atoms with van der Waals surface area (Å²) in [7, 11) is 0. The number of allylic oxidation sites excluding steroid dienone is 2. The summed E-state index contributed by atoms with van der Waals surface area (Å²) in [6, 6.07) is 10.0. The van der Waals surface area contributed by atoms with Gasteiger partial charge in [-0.2, -0.15) is 0 Å². The van der Waals surface area contributed by atoms with Gasteiger partial charge in [0.2, 0.25) is 0 Å². The molecule has 114 valence electrons. The molecular weight excluding hydrogens is 260 g/mol. The Morgan fingerprint density at radius 1 is 1.10 bits per heavy atom. The summed E-state index contributed by atoms with van der Waals surface area (Å²) in [4.78, 5) is 22.5. The predicted molar refractivity (Wildman–Crippen MR) is 87.4 cm³/mol. The van der Waals surface area contributed by atoms with E-state index in [-0.39, 0.29) is 11.7 Å². The van der Waals surface area contributed by atoms with E-state index in [0.717, 1.165) is 31.1 Å². The third-order valence-corrected chi connectivity index (χ3v) is 3.65. The minimum Gasteiger partial charge on any atom is -0.303 e. The Bertz CT molecular complexity index is 434. The van der Waals surface area contributed by atoms with Gasteiger partial charge in [-0.15, -0.1) is 0 Å². The van der Waals surface area contributed by atoms with E-state index in [4.69, 9.17) is 0 Å². The summed E-state index contributed by atoms with van der Waals surface area (Å²) in [5, 5.41) is 0. The zero-order chi connectivity index (χ0) is 15.3. The highest BCUT2D eigenvalue weighted by Crippen LogP contribution is 2.22. The van der Waals surface area contributed by atoms with Crippen LogP contribution in [-0.2, 0) is 9.59 Å².